The predicted molar refractivity (Wildman–Crippen MR) is 134 cm³/mol. The van der Waals surface area contributed by atoms with Gasteiger partial charge in [-0.15, -0.1) is 0 Å². The summed E-state index contributed by atoms with van der Waals surface area (Å²) in [5, 5.41) is 13.2. The number of aliphatic hydroxyl groups is 1. The SMILES string of the molecule is C/C=C/CC/C=C/CC/C=C/C(O)C(COP(=O)(O)OCC[N+](C)(C)C)NC(=O)CCCC. The Hall–Kier alpha value is -1.28. The Bertz CT molecular complexity index is 658. The molecule has 0 saturated heterocycles. The Balaban J connectivity index is 4.76. The number of carbonyl (C=O) groups is 1. The number of nitrogens with one attached hydrogen (secondary N) is 1. The number of rotatable bonds is 19. The monoisotopic (exact) mass is 489 g/mol. The number of quaternary nitrogens is 1. The molecular weight excluding hydrogens is 443 g/mol. The van der Waals surface area contributed by atoms with Gasteiger partial charge in [0.25, 0.3) is 0 Å². The van der Waals surface area contributed by atoms with E-state index in [-0.39, 0.29) is 19.1 Å². The topological polar surface area (TPSA) is 105 Å². The highest BCUT2D eigenvalue weighted by molar-refractivity contribution is 7.47. The number of hydrogen-bond acceptors (Lipinski definition) is 5. The van der Waals surface area contributed by atoms with Crippen LogP contribution in [-0.2, 0) is 18.4 Å². The van der Waals surface area contributed by atoms with Gasteiger partial charge in [0.05, 0.1) is 39.9 Å². The third kappa shape index (κ3) is 19.9. The van der Waals surface area contributed by atoms with Gasteiger partial charge >= 0.3 is 7.82 Å². The lowest BCUT2D eigenvalue weighted by molar-refractivity contribution is -0.870. The number of hydrogen-bond donors (Lipinski definition) is 3. The molecule has 0 aromatic heterocycles. The number of phosphoric acid groups is 1. The number of aliphatic hydroxyl groups excluding tert-OH is 1. The van der Waals surface area contributed by atoms with Crippen LogP contribution >= 0.6 is 7.82 Å². The van der Waals surface area contributed by atoms with Crippen molar-refractivity contribution >= 4 is 13.7 Å². The van der Waals surface area contributed by atoms with Crippen LogP contribution in [0.25, 0.3) is 0 Å². The van der Waals surface area contributed by atoms with Crippen molar-refractivity contribution < 1.29 is 32.9 Å². The molecule has 192 valence electrons. The molecule has 8 nitrogen and oxygen atoms in total. The molecule has 0 fully saturated rings. The average molecular weight is 490 g/mol. The first-order valence-corrected chi connectivity index (χ1v) is 13.3. The molecule has 9 heteroatoms. The second-order valence-electron chi connectivity index (χ2n) is 9.00. The Labute approximate surface area is 200 Å². The summed E-state index contributed by atoms with van der Waals surface area (Å²) in [4.78, 5) is 22.1. The summed E-state index contributed by atoms with van der Waals surface area (Å²) in [7, 11) is 1.52. The van der Waals surface area contributed by atoms with Crippen LogP contribution in [0.3, 0.4) is 0 Å². The van der Waals surface area contributed by atoms with Crippen LogP contribution in [0, 0.1) is 0 Å². The van der Waals surface area contributed by atoms with Crippen LogP contribution in [-0.4, -0.2) is 73.4 Å². The van der Waals surface area contributed by atoms with Gasteiger partial charge in [0.2, 0.25) is 5.91 Å². The van der Waals surface area contributed by atoms with E-state index in [0.717, 1.165) is 38.5 Å². The Kier molecular flexibility index (Phi) is 17.4. The van der Waals surface area contributed by atoms with Crippen LogP contribution in [0.5, 0.6) is 0 Å². The molecule has 0 spiro atoms. The minimum atomic E-state index is -4.30. The lowest BCUT2D eigenvalue weighted by Crippen LogP contribution is -2.45. The zero-order chi connectivity index (χ0) is 25.2. The van der Waals surface area contributed by atoms with Crippen molar-refractivity contribution in [2.75, 3.05) is 40.9 Å². The number of allylic oxidation sites excluding steroid dienone is 5. The van der Waals surface area contributed by atoms with Gasteiger partial charge < -0.3 is 19.8 Å². The van der Waals surface area contributed by atoms with E-state index in [9.17, 15) is 19.4 Å². The van der Waals surface area contributed by atoms with Crippen molar-refractivity contribution in [1.82, 2.24) is 5.32 Å². The van der Waals surface area contributed by atoms with Gasteiger partial charge in [0, 0.05) is 6.42 Å². The molecule has 0 saturated carbocycles. The molecule has 33 heavy (non-hydrogen) atoms. The first-order valence-electron chi connectivity index (χ1n) is 11.8. The van der Waals surface area contributed by atoms with Gasteiger partial charge in [-0.1, -0.05) is 49.8 Å². The average Bonchev–Trinajstić information content (AvgIpc) is 2.72. The van der Waals surface area contributed by atoms with E-state index < -0.39 is 20.0 Å². The van der Waals surface area contributed by atoms with Gasteiger partial charge in [-0.25, -0.2) is 4.57 Å². The maximum atomic E-state index is 12.2. The van der Waals surface area contributed by atoms with Crippen molar-refractivity contribution in [3.63, 3.8) is 0 Å². The third-order valence-electron chi connectivity index (χ3n) is 4.69. The third-order valence-corrected chi connectivity index (χ3v) is 5.67. The maximum absolute atomic E-state index is 12.2. The van der Waals surface area contributed by atoms with Crippen LogP contribution in [0.4, 0.5) is 0 Å². The van der Waals surface area contributed by atoms with Crippen molar-refractivity contribution in [2.45, 2.75) is 70.9 Å². The molecule has 0 aliphatic heterocycles. The number of phosphoric ester groups is 1. The highest BCUT2D eigenvalue weighted by Crippen LogP contribution is 2.43. The Morgan fingerprint density at radius 2 is 1.67 bits per heavy atom. The normalized spacial score (nSPS) is 16.5. The van der Waals surface area contributed by atoms with Crippen LogP contribution in [0.1, 0.15) is 58.8 Å². The highest BCUT2D eigenvalue weighted by atomic mass is 31.2. The number of nitrogens with zero attached hydrogens (tertiary/aromatic N) is 1. The summed E-state index contributed by atoms with van der Waals surface area (Å²) in [5.41, 5.74) is 0. The molecule has 3 unspecified atom stereocenters. The lowest BCUT2D eigenvalue weighted by atomic mass is 10.1. The summed E-state index contributed by atoms with van der Waals surface area (Å²) < 4.78 is 22.9. The van der Waals surface area contributed by atoms with Crippen molar-refractivity contribution in [3.8, 4) is 0 Å². The first kappa shape index (κ1) is 31.7. The second kappa shape index (κ2) is 18.1. The molecule has 0 heterocycles. The summed E-state index contributed by atoms with van der Waals surface area (Å²) in [6.07, 6.45) is 16.3. The fraction of sp³-hybridized carbons (Fsp3) is 0.708. The summed E-state index contributed by atoms with van der Waals surface area (Å²) in [6.45, 7) is 4.22. The quantitative estimate of drug-likeness (QED) is 0.109. The summed E-state index contributed by atoms with van der Waals surface area (Å²) in [5.74, 6) is -0.235. The molecule has 3 N–H and O–H groups in total. The number of likely N-dealkylation sites (N-methyl/N-ethyl adjacent to an activating group) is 1. The van der Waals surface area contributed by atoms with E-state index in [4.69, 9.17) is 9.05 Å². The predicted octanol–water partition coefficient (Wildman–Crippen LogP) is 4.11. The number of unbranched alkanes of at least 4 members (excludes halogenated alkanes) is 3. The number of carbonyl (C=O) groups excluding carboxylic acids is 1. The van der Waals surface area contributed by atoms with Crippen molar-refractivity contribution in [2.24, 2.45) is 0 Å². The molecule has 0 aliphatic carbocycles. The molecule has 0 aromatic rings. The molecule has 0 bridgehead atoms. The van der Waals surface area contributed by atoms with Crippen LogP contribution < -0.4 is 5.32 Å². The van der Waals surface area contributed by atoms with Gasteiger partial charge in [-0.05, 0) is 39.0 Å². The fourth-order valence-corrected chi connectivity index (χ4v) is 3.38. The molecule has 0 aliphatic rings. The first-order chi connectivity index (χ1) is 15.5. The van der Waals surface area contributed by atoms with E-state index in [1.54, 1.807) is 6.08 Å². The molecule has 0 rings (SSSR count). The summed E-state index contributed by atoms with van der Waals surface area (Å²) >= 11 is 0. The van der Waals surface area contributed by atoms with Crippen molar-refractivity contribution in [1.29, 1.82) is 0 Å². The second-order valence-corrected chi connectivity index (χ2v) is 10.5. The van der Waals surface area contributed by atoms with Crippen LogP contribution in [0.2, 0.25) is 0 Å². The van der Waals surface area contributed by atoms with Gasteiger partial charge in [-0.3, -0.25) is 13.8 Å². The standard InChI is InChI=1S/C24H45N2O6P/c1-6-8-10-11-12-13-14-15-16-17-23(27)22(25-24(28)18-9-7-2)21-32-33(29,30)31-20-19-26(3,4)5/h6,8,12-13,16-17,22-23,27H,7,9-11,14-15,18-21H2,1-5H3,(H-,25,28,29,30)/p+1/b8-6+,13-12+,17-16+. The van der Waals surface area contributed by atoms with E-state index in [1.807, 2.05) is 47.1 Å². The largest absolute Gasteiger partial charge is 0.472 e. The zero-order valence-corrected chi connectivity index (χ0v) is 22.0. The minimum Gasteiger partial charge on any atom is -0.387 e. The lowest BCUT2D eigenvalue weighted by Gasteiger charge is -2.25. The fourth-order valence-electron chi connectivity index (χ4n) is 2.64. The Morgan fingerprint density at radius 3 is 2.24 bits per heavy atom. The van der Waals surface area contributed by atoms with E-state index >= 15 is 0 Å². The maximum Gasteiger partial charge on any atom is 0.472 e. The Morgan fingerprint density at radius 1 is 1.06 bits per heavy atom. The highest BCUT2D eigenvalue weighted by Gasteiger charge is 2.27. The molecule has 0 aromatic carbocycles. The smallest absolute Gasteiger partial charge is 0.387 e. The van der Waals surface area contributed by atoms with E-state index in [1.165, 1.54) is 0 Å². The molecule has 1 amide bonds. The van der Waals surface area contributed by atoms with Gasteiger partial charge in [0.15, 0.2) is 0 Å². The van der Waals surface area contributed by atoms with Gasteiger partial charge in [-0.2, -0.15) is 0 Å². The van der Waals surface area contributed by atoms with E-state index in [0.29, 0.717) is 17.4 Å². The van der Waals surface area contributed by atoms with Crippen LogP contribution in [0.15, 0.2) is 36.5 Å². The van der Waals surface area contributed by atoms with Gasteiger partial charge in [0.1, 0.15) is 13.2 Å². The molecular formula is C24H46N2O6P+. The minimum absolute atomic E-state index is 0.0511. The van der Waals surface area contributed by atoms with Crippen molar-refractivity contribution in [3.05, 3.63) is 36.5 Å². The zero-order valence-electron chi connectivity index (χ0n) is 21.1. The molecule has 3 atom stereocenters. The summed E-state index contributed by atoms with van der Waals surface area (Å²) in [6, 6.07) is -0.857. The van der Waals surface area contributed by atoms with E-state index in [2.05, 4.69) is 23.5 Å². The molecule has 0 radical (unpaired) electrons. The number of amides is 1.